The standard InChI is InChI=1S/C21H24N4O3/c26-20(21(27)25-13-14-28-18-9-3-2-8-17(18)25)23-15-16-7-6-10-22-19(16)24-11-4-1-5-12-24/h2-3,6-10H,1,4-5,11-15H2,(H,23,26). The van der Waals surface area contributed by atoms with E-state index in [1.807, 2.05) is 24.3 Å². The van der Waals surface area contributed by atoms with Gasteiger partial charge >= 0.3 is 11.8 Å². The van der Waals surface area contributed by atoms with Crippen molar-refractivity contribution in [1.82, 2.24) is 10.3 Å². The number of para-hydroxylation sites is 2. The van der Waals surface area contributed by atoms with Crippen LogP contribution in [0, 0.1) is 0 Å². The number of benzene rings is 1. The fraction of sp³-hybridized carbons (Fsp3) is 0.381. The SMILES string of the molecule is O=C(NCc1cccnc1N1CCCCC1)C(=O)N1CCOc2ccccc21. The first kappa shape index (κ1) is 18.3. The third kappa shape index (κ3) is 3.78. The molecule has 1 aromatic carbocycles. The molecule has 7 heteroatoms. The summed E-state index contributed by atoms with van der Waals surface area (Å²) in [5, 5.41) is 2.77. The maximum absolute atomic E-state index is 12.7. The molecule has 0 aliphatic carbocycles. The molecule has 3 heterocycles. The summed E-state index contributed by atoms with van der Waals surface area (Å²) in [4.78, 5) is 33.5. The van der Waals surface area contributed by atoms with Crippen LogP contribution >= 0.6 is 0 Å². The molecule has 1 N–H and O–H groups in total. The Morgan fingerprint density at radius 2 is 1.86 bits per heavy atom. The molecule has 0 radical (unpaired) electrons. The number of hydrogen-bond donors (Lipinski definition) is 1. The predicted molar refractivity (Wildman–Crippen MR) is 106 cm³/mol. The van der Waals surface area contributed by atoms with Crippen molar-refractivity contribution in [1.29, 1.82) is 0 Å². The van der Waals surface area contributed by atoms with E-state index in [0.29, 0.717) is 24.6 Å². The Morgan fingerprint density at radius 1 is 1.04 bits per heavy atom. The van der Waals surface area contributed by atoms with Gasteiger partial charge in [-0.25, -0.2) is 4.98 Å². The molecule has 0 atom stereocenters. The molecule has 146 valence electrons. The minimum atomic E-state index is -0.620. The van der Waals surface area contributed by atoms with Gasteiger partial charge in [-0.2, -0.15) is 0 Å². The quantitative estimate of drug-likeness (QED) is 0.826. The molecule has 4 rings (SSSR count). The lowest BCUT2D eigenvalue weighted by Crippen LogP contribution is -2.46. The van der Waals surface area contributed by atoms with Gasteiger partial charge < -0.3 is 15.0 Å². The summed E-state index contributed by atoms with van der Waals surface area (Å²) < 4.78 is 5.56. The van der Waals surface area contributed by atoms with Crippen LogP contribution in [0.5, 0.6) is 5.75 Å². The van der Waals surface area contributed by atoms with Crippen LogP contribution in [0.4, 0.5) is 11.5 Å². The minimum absolute atomic E-state index is 0.274. The van der Waals surface area contributed by atoms with Crippen LogP contribution in [0.2, 0.25) is 0 Å². The van der Waals surface area contributed by atoms with Crippen molar-refractivity contribution in [3.8, 4) is 5.75 Å². The minimum Gasteiger partial charge on any atom is -0.490 e. The number of aromatic nitrogens is 1. The number of ether oxygens (including phenoxy) is 1. The molecule has 7 nitrogen and oxygen atoms in total. The molecule has 2 aliphatic heterocycles. The lowest BCUT2D eigenvalue weighted by Gasteiger charge is -2.30. The van der Waals surface area contributed by atoms with Crippen LogP contribution in [0.15, 0.2) is 42.6 Å². The average Bonchev–Trinajstić information content (AvgIpc) is 2.77. The zero-order valence-corrected chi connectivity index (χ0v) is 15.8. The van der Waals surface area contributed by atoms with Crippen LogP contribution in [0.25, 0.3) is 0 Å². The van der Waals surface area contributed by atoms with Crippen LogP contribution in [-0.2, 0) is 16.1 Å². The number of nitrogens with one attached hydrogen (secondary N) is 1. The zero-order chi connectivity index (χ0) is 19.3. The Kier molecular flexibility index (Phi) is 5.41. The molecular weight excluding hydrogens is 356 g/mol. The largest absolute Gasteiger partial charge is 0.490 e. The molecule has 1 fully saturated rings. The van der Waals surface area contributed by atoms with Gasteiger partial charge in [-0.05, 0) is 37.5 Å². The smallest absolute Gasteiger partial charge is 0.316 e. The van der Waals surface area contributed by atoms with Crippen molar-refractivity contribution in [2.75, 3.05) is 36.0 Å². The molecular formula is C21H24N4O3. The van der Waals surface area contributed by atoms with Crippen LogP contribution in [0.1, 0.15) is 24.8 Å². The summed E-state index contributed by atoms with van der Waals surface area (Å²) in [6, 6.07) is 11.1. The highest BCUT2D eigenvalue weighted by Gasteiger charge is 2.28. The Balaban J connectivity index is 1.43. The van der Waals surface area contributed by atoms with Gasteiger partial charge in [0.25, 0.3) is 0 Å². The van der Waals surface area contributed by atoms with Crippen LogP contribution in [-0.4, -0.2) is 43.0 Å². The Bertz CT molecular complexity index is 864. The maximum atomic E-state index is 12.7. The van der Waals surface area contributed by atoms with Gasteiger partial charge in [-0.15, -0.1) is 0 Å². The van der Waals surface area contributed by atoms with Gasteiger partial charge in [0.05, 0.1) is 12.2 Å². The summed E-state index contributed by atoms with van der Waals surface area (Å²) in [7, 11) is 0. The second-order valence-corrected chi connectivity index (χ2v) is 6.99. The number of anilines is 2. The molecule has 0 spiro atoms. The number of amides is 2. The fourth-order valence-corrected chi connectivity index (χ4v) is 3.71. The van der Waals surface area contributed by atoms with E-state index in [4.69, 9.17) is 4.74 Å². The highest BCUT2D eigenvalue weighted by atomic mass is 16.5. The number of hydrogen-bond acceptors (Lipinski definition) is 5. The predicted octanol–water partition coefficient (Wildman–Crippen LogP) is 2.11. The third-order valence-corrected chi connectivity index (χ3v) is 5.13. The van der Waals surface area contributed by atoms with E-state index >= 15 is 0 Å². The van der Waals surface area contributed by atoms with E-state index in [-0.39, 0.29) is 6.54 Å². The van der Waals surface area contributed by atoms with E-state index in [1.54, 1.807) is 18.3 Å². The Morgan fingerprint density at radius 3 is 2.71 bits per heavy atom. The molecule has 0 bridgehead atoms. The van der Waals surface area contributed by atoms with E-state index in [9.17, 15) is 9.59 Å². The van der Waals surface area contributed by atoms with Gasteiger partial charge in [-0.1, -0.05) is 18.2 Å². The first-order chi connectivity index (χ1) is 13.7. The van der Waals surface area contributed by atoms with Crippen molar-refractivity contribution < 1.29 is 14.3 Å². The summed E-state index contributed by atoms with van der Waals surface area (Å²) in [6.45, 7) is 2.95. The number of pyridine rings is 1. The molecule has 1 aromatic heterocycles. The van der Waals surface area contributed by atoms with E-state index in [0.717, 1.165) is 37.3 Å². The van der Waals surface area contributed by atoms with Gasteiger partial charge in [0.1, 0.15) is 18.2 Å². The van der Waals surface area contributed by atoms with Gasteiger partial charge in [0.2, 0.25) is 0 Å². The molecule has 2 aromatic rings. The normalized spacial score (nSPS) is 16.1. The van der Waals surface area contributed by atoms with E-state index in [1.165, 1.54) is 11.3 Å². The number of fused-ring (bicyclic) bond motifs is 1. The van der Waals surface area contributed by atoms with E-state index < -0.39 is 11.8 Å². The van der Waals surface area contributed by atoms with Crippen molar-refractivity contribution in [3.05, 3.63) is 48.2 Å². The summed E-state index contributed by atoms with van der Waals surface area (Å²) >= 11 is 0. The molecule has 2 aliphatic rings. The van der Waals surface area contributed by atoms with Crippen molar-refractivity contribution in [3.63, 3.8) is 0 Å². The van der Waals surface area contributed by atoms with E-state index in [2.05, 4.69) is 15.2 Å². The third-order valence-electron chi connectivity index (χ3n) is 5.13. The first-order valence-electron chi connectivity index (χ1n) is 9.74. The number of piperidine rings is 1. The van der Waals surface area contributed by atoms with Crippen LogP contribution in [0.3, 0.4) is 0 Å². The summed E-state index contributed by atoms with van der Waals surface area (Å²) in [5.74, 6) is 0.325. The number of carbonyl (C=O) groups excluding carboxylic acids is 2. The van der Waals surface area contributed by atoms with Crippen molar-refractivity contribution in [2.24, 2.45) is 0 Å². The molecule has 0 saturated carbocycles. The van der Waals surface area contributed by atoms with Crippen LogP contribution < -0.4 is 19.9 Å². The summed E-state index contributed by atoms with van der Waals surface area (Å²) in [5.41, 5.74) is 1.55. The lowest BCUT2D eigenvalue weighted by atomic mass is 10.1. The highest BCUT2D eigenvalue weighted by Crippen LogP contribution is 2.31. The zero-order valence-electron chi connectivity index (χ0n) is 15.8. The Labute approximate surface area is 164 Å². The van der Waals surface area contributed by atoms with Gasteiger partial charge in [0.15, 0.2) is 0 Å². The molecule has 28 heavy (non-hydrogen) atoms. The van der Waals surface area contributed by atoms with Gasteiger partial charge in [0, 0.05) is 31.4 Å². The first-order valence-corrected chi connectivity index (χ1v) is 9.74. The second kappa shape index (κ2) is 8.29. The van der Waals surface area contributed by atoms with Gasteiger partial charge in [-0.3, -0.25) is 14.5 Å². The maximum Gasteiger partial charge on any atom is 0.316 e. The number of rotatable bonds is 3. The molecule has 2 amide bonds. The number of nitrogens with zero attached hydrogens (tertiary/aromatic N) is 3. The summed E-state index contributed by atoms with van der Waals surface area (Å²) in [6.07, 6.45) is 5.31. The van der Waals surface area contributed by atoms with Crippen molar-refractivity contribution >= 4 is 23.3 Å². The monoisotopic (exact) mass is 380 g/mol. The average molecular weight is 380 g/mol. The second-order valence-electron chi connectivity index (χ2n) is 6.99. The lowest BCUT2D eigenvalue weighted by molar-refractivity contribution is -0.137. The Hall–Kier alpha value is -3.09. The highest BCUT2D eigenvalue weighted by molar-refractivity contribution is 6.40. The molecule has 0 unspecified atom stereocenters. The van der Waals surface area contributed by atoms with Crippen molar-refractivity contribution in [2.45, 2.75) is 25.8 Å². The fourth-order valence-electron chi connectivity index (χ4n) is 3.71. The topological polar surface area (TPSA) is 74.8 Å². The number of carbonyl (C=O) groups is 2. The molecule has 1 saturated heterocycles.